The van der Waals surface area contributed by atoms with E-state index >= 15 is 0 Å². The lowest BCUT2D eigenvalue weighted by molar-refractivity contribution is -0.138. The monoisotopic (exact) mass is 132 g/mol. The van der Waals surface area contributed by atoms with Crippen molar-refractivity contribution in [3.63, 3.8) is 0 Å². The fourth-order valence-corrected chi connectivity index (χ4v) is 0.745. The van der Waals surface area contributed by atoms with Gasteiger partial charge in [0.2, 0.25) is 0 Å². The van der Waals surface area contributed by atoms with Gasteiger partial charge in [-0.25, -0.2) is 0 Å². The first-order chi connectivity index (χ1) is 4.33. The van der Waals surface area contributed by atoms with Crippen molar-refractivity contribution in [2.75, 3.05) is 19.8 Å². The molecule has 54 valence electrons. The van der Waals surface area contributed by atoms with Gasteiger partial charge in [0.05, 0.1) is 25.9 Å². The summed E-state index contributed by atoms with van der Waals surface area (Å²) >= 11 is 0. The van der Waals surface area contributed by atoms with E-state index in [4.69, 9.17) is 14.6 Å². The second-order valence-corrected chi connectivity index (χ2v) is 2.28. The predicted molar refractivity (Wildman–Crippen MR) is 32.2 cm³/mol. The third-order valence-electron chi connectivity index (χ3n) is 1.34. The average Bonchev–Trinajstić information content (AvgIpc) is 1.90. The van der Waals surface area contributed by atoms with Crippen LogP contribution in [0.3, 0.4) is 0 Å². The molecule has 1 heterocycles. The molecule has 1 saturated heterocycles. The average molecular weight is 132 g/mol. The van der Waals surface area contributed by atoms with Crippen LogP contribution in [0.25, 0.3) is 0 Å². The van der Waals surface area contributed by atoms with Gasteiger partial charge in [0.25, 0.3) is 0 Å². The molecule has 0 spiro atoms. The standard InChI is InChI=1S/C6H12O3/c1-5-3-9-6(2-7)4-8-5/h5-7H,2-4H2,1H3/t5-,6+/m0/s1. The normalized spacial score (nSPS) is 36.7. The topological polar surface area (TPSA) is 38.7 Å². The summed E-state index contributed by atoms with van der Waals surface area (Å²) in [4.78, 5) is 0. The number of ether oxygens (including phenoxy) is 2. The summed E-state index contributed by atoms with van der Waals surface area (Å²) < 4.78 is 10.4. The van der Waals surface area contributed by atoms with Crippen molar-refractivity contribution in [1.82, 2.24) is 0 Å². The van der Waals surface area contributed by atoms with Crippen LogP contribution < -0.4 is 0 Å². The van der Waals surface area contributed by atoms with Gasteiger partial charge in [0.15, 0.2) is 0 Å². The zero-order chi connectivity index (χ0) is 6.69. The molecule has 0 radical (unpaired) electrons. The number of rotatable bonds is 1. The van der Waals surface area contributed by atoms with Gasteiger partial charge >= 0.3 is 0 Å². The zero-order valence-corrected chi connectivity index (χ0v) is 5.54. The molecule has 1 rings (SSSR count). The van der Waals surface area contributed by atoms with Crippen molar-refractivity contribution >= 4 is 0 Å². The first-order valence-electron chi connectivity index (χ1n) is 3.17. The minimum atomic E-state index is -0.0961. The first-order valence-corrected chi connectivity index (χ1v) is 3.17. The Kier molecular flexibility index (Phi) is 2.45. The summed E-state index contributed by atoms with van der Waals surface area (Å²) in [6.45, 7) is 3.14. The molecule has 1 fully saturated rings. The Bertz CT molecular complexity index is 76.4. The van der Waals surface area contributed by atoms with Crippen LogP contribution in [-0.2, 0) is 9.47 Å². The van der Waals surface area contributed by atoms with Gasteiger partial charge in [-0.3, -0.25) is 0 Å². The molecular formula is C6H12O3. The molecule has 0 aromatic heterocycles. The third kappa shape index (κ3) is 1.93. The van der Waals surface area contributed by atoms with Gasteiger partial charge in [0, 0.05) is 0 Å². The summed E-state index contributed by atoms with van der Waals surface area (Å²) in [5.74, 6) is 0. The molecule has 1 aliphatic heterocycles. The SMILES string of the molecule is C[C@H]1CO[C@H](CO)CO1. The molecule has 0 bridgehead atoms. The largest absolute Gasteiger partial charge is 0.394 e. The Labute approximate surface area is 54.6 Å². The predicted octanol–water partition coefficient (Wildman–Crippen LogP) is -0.217. The molecule has 1 N–H and O–H groups in total. The van der Waals surface area contributed by atoms with E-state index in [-0.39, 0.29) is 18.8 Å². The summed E-state index contributed by atoms with van der Waals surface area (Å²) in [7, 11) is 0. The summed E-state index contributed by atoms with van der Waals surface area (Å²) in [6, 6.07) is 0. The highest BCUT2D eigenvalue weighted by molar-refractivity contribution is 4.62. The lowest BCUT2D eigenvalue weighted by Crippen LogP contribution is -2.35. The van der Waals surface area contributed by atoms with Crippen LogP contribution in [0, 0.1) is 0 Å². The zero-order valence-electron chi connectivity index (χ0n) is 5.54. The van der Waals surface area contributed by atoms with E-state index < -0.39 is 0 Å². The lowest BCUT2D eigenvalue weighted by Gasteiger charge is -2.25. The highest BCUT2D eigenvalue weighted by Gasteiger charge is 2.17. The van der Waals surface area contributed by atoms with E-state index in [1.165, 1.54) is 0 Å². The van der Waals surface area contributed by atoms with Crippen LogP contribution in [0.2, 0.25) is 0 Å². The quantitative estimate of drug-likeness (QED) is 0.536. The summed E-state index contributed by atoms with van der Waals surface area (Å²) in [5, 5.41) is 8.57. The van der Waals surface area contributed by atoms with Gasteiger partial charge in [-0.1, -0.05) is 0 Å². The van der Waals surface area contributed by atoms with Crippen LogP contribution >= 0.6 is 0 Å². The second kappa shape index (κ2) is 3.15. The molecule has 0 aliphatic carbocycles. The third-order valence-corrected chi connectivity index (χ3v) is 1.34. The van der Waals surface area contributed by atoms with Crippen molar-refractivity contribution in [1.29, 1.82) is 0 Å². The van der Waals surface area contributed by atoms with Crippen molar-refractivity contribution in [3.05, 3.63) is 0 Å². The van der Waals surface area contributed by atoms with E-state index in [2.05, 4.69) is 0 Å². The van der Waals surface area contributed by atoms with Crippen molar-refractivity contribution in [2.45, 2.75) is 19.1 Å². The maximum atomic E-state index is 8.57. The van der Waals surface area contributed by atoms with Crippen LogP contribution in [0.4, 0.5) is 0 Å². The molecular weight excluding hydrogens is 120 g/mol. The smallest absolute Gasteiger partial charge is 0.104 e. The Morgan fingerprint density at radius 2 is 2.22 bits per heavy atom. The highest BCUT2D eigenvalue weighted by atomic mass is 16.6. The van der Waals surface area contributed by atoms with Crippen LogP contribution in [0.1, 0.15) is 6.92 Å². The summed E-state index contributed by atoms with van der Waals surface area (Å²) in [6.07, 6.45) is 0.0917. The van der Waals surface area contributed by atoms with E-state index in [9.17, 15) is 0 Å². The molecule has 0 aromatic rings. The molecule has 3 heteroatoms. The fraction of sp³-hybridized carbons (Fsp3) is 1.00. The molecule has 0 saturated carbocycles. The maximum absolute atomic E-state index is 8.57. The van der Waals surface area contributed by atoms with Gasteiger partial charge in [-0.05, 0) is 6.92 Å². The Hall–Kier alpha value is -0.120. The van der Waals surface area contributed by atoms with Gasteiger partial charge < -0.3 is 14.6 Å². The van der Waals surface area contributed by atoms with E-state index in [0.29, 0.717) is 13.2 Å². The number of aliphatic hydroxyl groups excluding tert-OH is 1. The Balaban J connectivity index is 2.18. The van der Waals surface area contributed by atoms with Crippen LogP contribution in [0.5, 0.6) is 0 Å². The van der Waals surface area contributed by atoms with Gasteiger partial charge in [0.1, 0.15) is 6.10 Å². The first kappa shape index (κ1) is 6.99. The van der Waals surface area contributed by atoms with E-state index in [1.54, 1.807) is 0 Å². The Morgan fingerprint density at radius 3 is 2.67 bits per heavy atom. The number of aliphatic hydroxyl groups is 1. The van der Waals surface area contributed by atoms with E-state index in [0.717, 1.165) is 0 Å². The van der Waals surface area contributed by atoms with Crippen molar-refractivity contribution in [2.24, 2.45) is 0 Å². The molecule has 0 aromatic carbocycles. The second-order valence-electron chi connectivity index (χ2n) is 2.28. The van der Waals surface area contributed by atoms with Gasteiger partial charge in [-0.15, -0.1) is 0 Å². The summed E-state index contributed by atoms with van der Waals surface area (Å²) in [5.41, 5.74) is 0. The van der Waals surface area contributed by atoms with Crippen LogP contribution in [-0.4, -0.2) is 37.1 Å². The highest BCUT2D eigenvalue weighted by Crippen LogP contribution is 2.04. The number of hydrogen-bond acceptors (Lipinski definition) is 3. The van der Waals surface area contributed by atoms with Crippen molar-refractivity contribution < 1.29 is 14.6 Å². The van der Waals surface area contributed by atoms with E-state index in [1.807, 2.05) is 6.92 Å². The lowest BCUT2D eigenvalue weighted by atomic mass is 10.3. The van der Waals surface area contributed by atoms with Gasteiger partial charge in [-0.2, -0.15) is 0 Å². The minimum absolute atomic E-state index is 0.0622. The molecule has 0 amide bonds. The molecule has 9 heavy (non-hydrogen) atoms. The molecule has 1 aliphatic rings. The van der Waals surface area contributed by atoms with Crippen LogP contribution in [0.15, 0.2) is 0 Å². The molecule has 2 atom stereocenters. The number of hydrogen-bond donors (Lipinski definition) is 1. The Morgan fingerprint density at radius 1 is 1.44 bits per heavy atom. The fourth-order valence-electron chi connectivity index (χ4n) is 0.745. The van der Waals surface area contributed by atoms with Crippen molar-refractivity contribution in [3.8, 4) is 0 Å². The molecule has 0 unspecified atom stereocenters. The molecule has 3 nitrogen and oxygen atoms in total. The maximum Gasteiger partial charge on any atom is 0.104 e. The minimum Gasteiger partial charge on any atom is -0.394 e.